The van der Waals surface area contributed by atoms with Gasteiger partial charge in [-0.25, -0.2) is 0 Å². The number of hydrogen-bond donors (Lipinski definition) is 0. The minimum absolute atomic E-state index is 0.0704. The lowest BCUT2D eigenvalue weighted by atomic mass is 9.97. The van der Waals surface area contributed by atoms with E-state index in [1.54, 1.807) is 24.3 Å². The Bertz CT molecular complexity index is 406. The molecule has 1 aromatic rings. The maximum Gasteiger partial charge on any atom is 0.307 e. The van der Waals surface area contributed by atoms with Crippen molar-refractivity contribution in [1.29, 1.82) is 5.26 Å². The summed E-state index contributed by atoms with van der Waals surface area (Å²) in [7, 11) is 1.31. The van der Waals surface area contributed by atoms with Gasteiger partial charge in [-0.05, 0) is 24.6 Å². The highest BCUT2D eigenvalue weighted by atomic mass is 16.5. The number of esters is 1. The summed E-state index contributed by atoms with van der Waals surface area (Å²) in [5.41, 5.74) is 0.793. The molecule has 4 nitrogen and oxygen atoms in total. The standard InChI is InChI=1S/C13H15NO3/c1-3-17-12-6-4-10(5-7-12)11(9-14)8-13(15)16-2/h4-7,11H,3,8H2,1-2H3. The van der Waals surface area contributed by atoms with Crippen LogP contribution in [0.15, 0.2) is 24.3 Å². The lowest BCUT2D eigenvalue weighted by molar-refractivity contribution is -0.140. The summed E-state index contributed by atoms with van der Waals surface area (Å²) in [5.74, 6) is -0.102. The predicted octanol–water partition coefficient (Wildman–Crippen LogP) is 2.26. The van der Waals surface area contributed by atoms with Crippen LogP contribution in [0.2, 0.25) is 0 Å². The van der Waals surface area contributed by atoms with E-state index in [0.717, 1.165) is 11.3 Å². The van der Waals surface area contributed by atoms with Crippen molar-refractivity contribution in [1.82, 2.24) is 0 Å². The second kappa shape index (κ2) is 6.54. The van der Waals surface area contributed by atoms with Crippen molar-refractivity contribution in [3.63, 3.8) is 0 Å². The first kappa shape index (κ1) is 13.0. The van der Waals surface area contributed by atoms with Gasteiger partial charge in [0, 0.05) is 0 Å². The van der Waals surface area contributed by atoms with Crippen molar-refractivity contribution >= 4 is 5.97 Å². The first-order valence-corrected chi connectivity index (χ1v) is 5.40. The van der Waals surface area contributed by atoms with Crippen LogP contribution in [0.4, 0.5) is 0 Å². The molecule has 0 fully saturated rings. The molecule has 0 N–H and O–H groups in total. The van der Waals surface area contributed by atoms with Crippen LogP contribution in [0.1, 0.15) is 24.8 Å². The Morgan fingerprint density at radius 3 is 2.53 bits per heavy atom. The molecule has 17 heavy (non-hydrogen) atoms. The SMILES string of the molecule is CCOc1ccc(C(C#N)CC(=O)OC)cc1. The van der Waals surface area contributed by atoms with E-state index in [4.69, 9.17) is 10.00 Å². The maximum atomic E-state index is 11.1. The monoisotopic (exact) mass is 233 g/mol. The van der Waals surface area contributed by atoms with E-state index in [1.165, 1.54) is 7.11 Å². The largest absolute Gasteiger partial charge is 0.494 e. The van der Waals surface area contributed by atoms with Crippen LogP contribution in [0, 0.1) is 11.3 Å². The highest BCUT2D eigenvalue weighted by Gasteiger charge is 2.15. The Hall–Kier alpha value is -2.02. The summed E-state index contributed by atoms with van der Waals surface area (Å²) in [5, 5.41) is 9.01. The Morgan fingerprint density at radius 2 is 2.06 bits per heavy atom. The summed E-state index contributed by atoms with van der Waals surface area (Å²) >= 11 is 0. The van der Waals surface area contributed by atoms with Gasteiger partial charge >= 0.3 is 5.97 Å². The molecule has 0 bridgehead atoms. The molecular weight excluding hydrogens is 218 g/mol. The smallest absolute Gasteiger partial charge is 0.307 e. The Kier molecular flexibility index (Phi) is 5.02. The van der Waals surface area contributed by atoms with E-state index in [9.17, 15) is 4.79 Å². The van der Waals surface area contributed by atoms with Crippen molar-refractivity contribution in [2.75, 3.05) is 13.7 Å². The fourth-order valence-corrected chi connectivity index (χ4v) is 1.45. The number of carbonyl (C=O) groups excluding carboxylic acids is 1. The van der Waals surface area contributed by atoms with Gasteiger partial charge in [0.2, 0.25) is 0 Å². The Morgan fingerprint density at radius 1 is 1.41 bits per heavy atom. The quantitative estimate of drug-likeness (QED) is 0.732. The fraction of sp³-hybridized carbons (Fsp3) is 0.385. The summed E-state index contributed by atoms with van der Waals surface area (Å²) in [6, 6.07) is 9.26. The summed E-state index contributed by atoms with van der Waals surface area (Å²) < 4.78 is 9.85. The molecule has 1 atom stereocenters. The molecule has 0 radical (unpaired) electrons. The summed E-state index contributed by atoms with van der Waals surface area (Å²) in [6.45, 7) is 2.51. The molecule has 0 heterocycles. The first-order valence-electron chi connectivity index (χ1n) is 5.40. The van der Waals surface area contributed by atoms with Gasteiger partial charge in [0.25, 0.3) is 0 Å². The van der Waals surface area contributed by atoms with Gasteiger partial charge in [0.05, 0.1) is 32.1 Å². The average Bonchev–Trinajstić information content (AvgIpc) is 2.37. The van der Waals surface area contributed by atoms with Crippen molar-refractivity contribution in [2.24, 2.45) is 0 Å². The van der Waals surface area contributed by atoms with Crippen LogP contribution in [-0.4, -0.2) is 19.7 Å². The minimum atomic E-state index is -0.474. The lowest BCUT2D eigenvalue weighted by Gasteiger charge is -2.09. The van der Waals surface area contributed by atoms with E-state index < -0.39 is 5.92 Å². The molecule has 1 unspecified atom stereocenters. The second-order valence-corrected chi connectivity index (χ2v) is 3.46. The van der Waals surface area contributed by atoms with Crippen molar-refractivity contribution in [2.45, 2.75) is 19.3 Å². The normalized spacial score (nSPS) is 11.4. The van der Waals surface area contributed by atoms with Gasteiger partial charge in [0.1, 0.15) is 5.75 Å². The summed E-state index contributed by atoms with van der Waals surface area (Å²) in [6.07, 6.45) is 0.0704. The highest BCUT2D eigenvalue weighted by Crippen LogP contribution is 2.22. The summed E-state index contributed by atoms with van der Waals surface area (Å²) in [4.78, 5) is 11.1. The van der Waals surface area contributed by atoms with E-state index in [1.807, 2.05) is 6.92 Å². The molecule has 0 aliphatic rings. The van der Waals surface area contributed by atoms with Crippen molar-refractivity contribution < 1.29 is 14.3 Å². The Labute approximate surface area is 101 Å². The van der Waals surface area contributed by atoms with E-state index in [2.05, 4.69) is 10.8 Å². The predicted molar refractivity (Wildman–Crippen MR) is 62.6 cm³/mol. The third-order valence-electron chi connectivity index (χ3n) is 2.35. The fourth-order valence-electron chi connectivity index (χ4n) is 1.45. The van der Waals surface area contributed by atoms with Crippen LogP contribution < -0.4 is 4.74 Å². The third-order valence-corrected chi connectivity index (χ3v) is 2.35. The molecule has 0 aliphatic carbocycles. The number of carbonyl (C=O) groups is 1. The van der Waals surface area contributed by atoms with Crippen LogP contribution in [0.5, 0.6) is 5.75 Å². The molecule has 0 saturated carbocycles. The van der Waals surface area contributed by atoms with Crippen LogP contribution >= 0.6 is 0 Å². The zero-order valence-corrected chi connectivity index (χ0v) is 9.97. The molecule has 1 aromatic carbocycles. The molecule has 0 amide bonds. The molecule has 4 heteroatoms. The second-order valence-electron chi connectivity index (χ2n) is 3.46. The number of benzene rings is 1. The number of nitrogens with zero attached hydrogens (tertiary/aromatic N) is 1. The van der Waals surface area contributed by atoms with Gasteiger partial charge in [-0.1, -0.05) is 12.1 Å². The van der Waals surface area contributed by atoms with Gasteiger partial charge in [-0.2, -0.15) is 5.26 Å². The average molecular weight is 233 g/mol. The number of ether oxygens (including phenoxy) is 2. The molecule has 0 saturated heterocycles. The molecule has 0 aromatic heterocycles. The Balaban J connectivity index is 2.76. The zero-order chi connectivity index (χ0) is 12.7. The van der Waals surface area contributed by atoms with E-state index >= 15 is 0 Å². The van der Waals surface area contributed by atoms with Gasteiger partial charge < -0.3 is 9.47 Å². The number of rotatable bonds is 5. The number of hydrogen-bond acceptors (Lipinski definition) is 4. The van der Waals surface area contributed by atoms with Crippen molar-refractivity contribution in [3.8, 4) is 11.8 Å². The third kappa shape index (κ3) is 3.80. The molecule has 90 valence electrons. The number of methoxy groups -OCH3 is 1. The molecular formula is C13H15NO3. The number of nitriles is 1. The highest BCUT2D eigenvalue weighted by molar-refractivity contribution is 5.71. The molecule has 0 aliphatic heterocycles. The van der Waals surface area contributed by atoms with Crippen LogP contribution in [0.25, 0.3) is 0 Å². The van der Waals surface area contributed by atoms with Crippen molar-refractivity contribution in [3.05, 3.63) is 29.8 Å². The van der Waals surface area contributed by atoms with Gasteiger partial charge in [-0.3, -0.25) is 4.79 Å². The molecule has 0 spiro atoms. The van der Waals surface area contributed by atoms with Gasteiger partial charge in [0.15, 0.2) is 0 Å². The maximum absolute atomic E-state index is 11.1. The first-order chi connectivity index (χ1) is 8.21. The molecule has 1 rings (SSSR count). The lowest BCUT2D eigenvalue weighted by Crippen LogP contribution is -2.07. The minimum Gasteiger partial charge on any atom is -0.494 e. The van der Waals surface area contributed by atoms with Gasteiger partial charge in [-0.15, -0.1) is 0 Å². The zero-order valence-electron chi connectivity index (χ0n) is 9.97. The van der Waals surface area contributed by atoms with Crippen LogP contribution in [0.3, 0.4) is 0 Å². The topological polar surface area (TPSA) is 59.3 Å². The van der Waals surface area contributed by atoms with Crippen LogP contribution in [-0.2, 0) is 9.53 Å². The van der Waals surface area contributed by atoms with E-state index in [0.29, 0.717) is 6.61 Å². The van der Waals surface area contributed by atoms with E-state index in [-0.39, 0.29) is 12.4 Å².